The van der Waals surface area contributed by atoms with E-state index in [0.717, 1.165) is 12.7 Å². The van der Waals surface area contributed by atoms with Gasteiger partial charge in [-0.15, -0.1) is 6.58 Å². The Hall–Kier alpha value is -0.350. The predicted molar refractivity (Wildman–Crippen MR) is 51.4 cm³/mol. The summed E-state index contributed by atoms with van der Waals surface area (Å²) in [6, 6.07) is 0. The van der Waals surface area contributed by atoms with Crippen molar-refractivity contribution in [3.63, 3.8) is 0 Å². The topological polar surface area (TPSA) is 46.2 Å². The third-order valence-corrected chi connectivity index (χ3v) is 2.18. The standard InChI is InChI=1S/C8H17NO2S/c1-5-6-8(2,3)7-9-12(4,10)11/h5,9H,1,6-7H2,2-4H3. The van der Waals surface area contributed by atoms with Crippen molar-refractivity contribution in [2.45, 2.75) is 20.3 Å². The van der Waals surface area contributed by atoms with Crippen LogP contribution in [0.3, 0.4) is 0 Å². The van der Waals surface area contributed by atoms with Gasteiger partial charge in [0.25, 0.3) is 0 Å². The fraction of sp³-hybridized carbons (Fsp3) is 0.750. The summed E-state index contributed by atoms with van der Waals surface area (Å²) in [4.78, 5) is 0. The molecule has 0 fully saturated rings. The van der Waals surface area contributed by atoms with E-state index in [1.165, 1.54) is 0 Å². The Morgan fingerprint density at radius 3 is 2.33 bits per heavy atom. The van der Waals surface area contributed by atoms with E-state index in [1.54, 1.807) is 6.08 Å². The van der Waals surface area contributed by atoms with E-state index in [-0.39, 0.29) is 5.41 Å². The second kappa shape index (κ2) is 4.05. The van der Waals surface area contributed by atoms with Gasteiger partial charge in [0.05, 0.1) is 6.26 Å². The normalized spacial score (nSPS) is 12.9. The molecule has 0 atom stereocenters. The maximum Gasteiger partial charge on any atom is 0.208 e. The van der Waals surface area contributed by atoms with Crippen LogP contribution in [0.2, 0.25) is 0 Å². The van der Waals surface area contributed by atoms with Gasteiger partial charge in [0.2, 0.25) is 10.0 Å². The number of nitrogens with one attached hydrogen (secondary N) is 1. The van der Waals surface area contributed by atoms with Crippen molar-refractivity contribution in [1.82, 2.24) is 4.72 Å². The van der Waals surface area contributed by atoms with E-state index in [1.807, 2.05) is 13.8 Å². The van der Waals surface area contributed by atoms with Crippen LogP contribution in [0.1, 0.15) is 20.3 Å². The molecule has 12 heavy (non-hydrogen) atoms. The molecule has 0 aliphatic heterocycles. The zero-order valence-electron chi connectivity index (χ0n) is 7.92. The first kappa shape index (κ1) is 11.6. The van der Waals surface area contributed by atoms with Crippen molar-refractivity contribution in [1.29, 1.82) is 0 Å². The molecule has 0 aromatic heterocycles. The smallest absolute Gasteiger partial charge is 0.208 e. The summed E-state index contributed by atoms with van der Waals surface area (Å²) < 4.78 is 24.0. The van der Waals surface area contributed by atoms with Crippen molar-refractivity contribution in [3.05, 3.63) is 12.7 Å². The van der Waals surface area contributed by atoms with E-state index in [0.29, 0.717) is 6.54 Å². The average molecular weight is 191 g/mol. The van der Waals surface area contributed by atoms with Crippen LogP contribution < -0.4 is 4.72 Å². The van der Waals surface area contributed by atoms with Crippen molar-refractivity contribution in [2.75, 3.05) is 12.8 Å². The highest BCUT2D eigenvalue weighted by Crippen LogP contribution is 2.19. The molecular formula is C8H17NO2S. The van der Waals surface area contributed by atoms with Crippen LogP contribution in [0.25, 0.3) is 0 Å². The molecule has 0 heterocycles. The van der Waals surface area contributed by atoms with Crippen LogP contribution >= 0.6 is 0 Å². The number of rotatable bonds is 5. The van der Waals surface area contributed by atoms with E-state index in [4.69, 9.17) is 0 Å². The maximum absolute atomic E-state index is 10.7. The molecule has 0 amide bonds. The fourth-order valence-electron chi connectivity index (χ4n) is 0.789. The van der Waals surface area contributed by atoms with Crippen LogP contribution in [0.5, 0.6) is 0 Å². The van der Waals surface area contributed by atoms with Gasteiger partial charge in [0, 0.05) is 6.54 Å². The first-order chi connectivity index (χ1) is 5.27. The summed E-state index contributed by atoms with van der Waals surface area (Å²) in [6.45, 7) is 8.06. The first-order valence-corrected chi connectivity index (χ1v) is 5.71. The van der Waals surface area contributed by atoms with Gasteiger partial charge in [0.15, 0.2) is 0 Å². The number of allylic oxidation sites excluding steroid dienone is 1. The zero-order valence-corrected chi connectivity index (χ0v) is 8.74. The second-order valence-corrected chi connectivity index (χ2v) is 5.58. The van der Waals surface area contributed by atoms with E-state index < -0.39 is 10.0 Å². The maximum atomic E-state index is 10.7. The van der Waals surface area contributed by atoms with Gasteiger partial charge >= 0.3 is 0 Å². The van der Waals surface area contributed by atoms with E-state index in [9.17, 15) is 8.42 Å². The Balaban J connectivity index is 4.00. The van der Waals surface area contributed by atoms with Crippen molar-refractivity contribution in [3.8, 4) is 0 Å². The first-order valence-electron chi connectivity index (χ1n) is 3.82. The molecule has 0 rings (SSSR count). The minimum Gasteiger partial charge on any atom is -0.215 e. The highest BCUT2D eigenvalue weighted by Gasteiger charge is 2.17. The molecule has 0 bridgehead atoms. The number of sulfonamides is 1. The van der Waals surface area contributed by atoms with Gasteiger partial charge in [-0.05, 0) is 11.8 Å². The summed E-state index contributed by atoms with van der Waals surface area (Å²) in [5.74, 6) is 0. The molecule has 0 unspecified atom stereocenters. The molecule has 72 valence electrons. The van der Waals surface area contributed by atoms with Crippen LogP contribution in [0.4, 0.5) is 0 Å². The summed E-state index contributed by atoms with van der Waals surface area (Å²) >= 11 is 0. The predicted octanol–water partition coefficient (Wildman–Crippen LogP) is 1.14. The Morgan fingerprint density at radius 1 is 1.50 bits per heavy atom. The summed E-state index contributed by atoms with van der Waals surface area (Å²) in [5, 5.41) is 0. The molecule has 4 heteroatoms. The Labute approximate surface area is 74.9 Å². The fourth-order valence-corrected chi connectivity index (χ4v) is 1.44. The lowest BCUT2D eigenvalue weighted by atomic mass is 9.90. The highest BCUT2D eigenvalue weighted by molar-refractivity contribution is 7.88. The molecule has 0 saturated heterocycles. The minimum absolute atomic E-state index is 0.0508. The molecule has 0 aromatic carbocycles. The Morgan fingerprint density at radius 2 is 2.00 bits per heavy atom. The van der Waals surface area contributed by atoms with Gasteiger partial charge in [-0.25, -0.2) is 13.1 Å². The molecule has 1 N–H and O–H groups in total. The summed E-state index contributed by atoms with van der Waals surface area (Å²) in [5.41, 5.74) is -0.0508. The molecular weight excluding hydrogens is 174 g/mol. The lowest BCUT2D eigenvalue weighted by molar-refractivity contribution is 0.369. The van der Waals surface area contributed by atoms with Gasteiger partial charge in [-0.3, -0.25) is 0 Å². The third-order valence-electron chi connectivity index (χ3n) is 1.51. The molecule has 0 aliphatic rings. The second-order valence-electron chi connectivity index (χ2n) is 3.75. The Bertz CT molecular complexity index is 242. The van der Waals surface area contributed by atoms with Gasteiger partial charge in [-0.1, -0.05) is 19.9 Å². The van der Waals surface area contributed by atoms with Crippen molar-refractivity contribution < 1.29 is 8.42 Å². The van der Waals surface area contributed by atoms with Crippen LogP contribution in [-0.4, -0.2) is 21.2 Å². The van der Waals surface area contributed by atoms with Crippen LogP contribution in [0, 0.1) is 5.41 Å². The van der Waals surface area contributed by atoms with Crippen LogP contribution in [0.15, 0.2) is 12.7 Å². The average Bonchev–Trinajstić information content (AvgIpc) is 1.83. The third kappa shape index (κ3) is 6.37. The van der Waals surface area contributed by atoms with Gasteiger partial charge in [-0.2, -0.15) is 0 Å². The number of hydrogen-bond donors (Lipinski definition) is 1. The number of hydrogen-bond acceptors (Lipinski definition) is 2. The zero-order chi connectivity index (χ0) is 9.83. The largest absolute Gasteiger partial charge is 0.215 e. The molecule has 0 aromatic rings. The Kier molecular flexibility index (Phi) is 3.93. The van der Waals surface area contributed by atoms with Gasteiger partial charge in [0.1, 0.15) is 0 Å². The van der Waals surface area contributed by atoms with Crippen molar-refractivity contribution >= 4 is 10.0 Å². The lowest BCUT2D eigenvalue weighted by Gasteiger charge is -2.22. The summed E-state index contributed by atoms with van der Waals surface area (Å²) in [6.07, 6.45) is 3.76. The van der Waals surface area contributed by atoms with Gasteiger partial charge < -0.3 is 0 Å². The van der Waals surface area contributed by atoms with Crippen molar-refractivity contribution in [2.24, 2.45) is 5.41 Å². The van der Waals surface area contributed by atoms with E-state index in [2.05, 4.69) is 11.3 Å². The SMILES string of the molecule is C=CCC(C)(C)CNS(C)(=O)=O. The molecule has 3 nitrogen and oxygen atoms in total. The molecule has 0 saturated carbocycles. The van der Waals surface area contributed by atoms with Crippen LogP contribution in [-0.2, 0) is 10.0 Å². The highest BCUT2D eigenvalue weighted by atomic mass is 32.2. The minimum atomic E-state index is -3.06. The quantitative estimate of drug-likeness (QED) is 0.662. The monoisotopic (exact) mass is 191 g/mol. The molecule has 0 radical (unpaired) electrons. The molecule has 0 aliphatic carbocycles. The summed E-state index contributed by atoms with van der Waals surface area (Å²) in [7, 11) is -3.06. The van der Waals surface area contributed by atoms with E-state index >= 15 is 0 Å². The molecule has 0 spiro atoms. The lowest BCUT2D eigenvalue weighted by Crippen LogP contribution is -2.32.